The third-order valence-corrected chi connectivity index (χ3v) is 6.45. The number of sulfone groups is 1. The fourth-order valence-electron chi connectivity index (χ4n) is 3.67. The van der Waals surface area contributed by atoms with Crippen LogP contribution < -0.4 is 4.90 Å². The minimum Gasteiger partial charge on any atom is -0.359 e. The van der Waals surface area contributed by atoms with Crippen LogP contribution in [0.3, 0.4) is 0 Å². The van der Waals surface area contributed by atoms with Gasteiger partial charge in [-0.15, -0.1) is 0 Å². The van der Waals surface area contributed by atoms with Gasteiger partial charge in [0.25, 0.3) is 0 Å². The van der Waals surface area contributed by atoms with E-state index in [0.29, 0.717) is 19.0 Å². The molecule has 1 aromatic carbocycles. The molecule has 1 aliphatic heterocycles. The van der Waals surface area contributed by atoms with Gasteiger partial charge in [-0.25, -0.2) is 8.42 Å². The predicted molar refractivity (Wildman–Crippen MR) is 90.4 cm³/mol. The maximum absolute atomic E-state index is 12.9. The van der Waals surface area contributed by atoms with Gasteiger partial charge in [0.2, 0.25) is 15.7 Å². The summed E-state index contributed by atoms with van der Waals surface area (Å²) in [6.45, 7) is 1.68. The first-order chi connectivity index (χ1) is 11.9. The minimum atomic E-state index is -4.71. The van der Waals surface area contributed by atoms with Gasteiger partial charge < -0.3 is 9.80 Å². The van der Waals surface area contributed by atoms with Crippen LogP contribution in [0.1, 0.15) is 25.7 Å². The second-order valence-corrected chi connectivity index (χ2v) is 8.57. The molecule has 8 heteroatoms. The second kappa shape index (κ2) is 7.27. The van der Waals surface area contributed by atoms with E-state index in [-0.39, 0.29) is 18.1 Å². The standard InChI is InChI=1S/C17H22F2N2O3S/c18-17(19)25(23,24)15-8-4-3-7-14(15)20-9-10-21(16(22)12-20)11-13-5-1-2-6-13/h3-4,7-8,13,17H,1-2,5-6,9-12H2. The lowest BCUT2D eigenvalue weighted by Gasteiger charge is -2.37. The molecule has 1 heterocycles. The smallest absolute Gasteiger partial charge is 0.341 e. The largest absolute Gasteiger partial charge is 0.359 e. The molecule has 1 saturated carbocycles. The van der Waals surface area contributed by atoms with Gasteiger partial charge in [-0.1, -0.05) is 25.0 Å². The van der Waals surface area contributed by atoms with Crippen LogP contribution in [0.15, 0.2) is 29.2 Å². The molecule has 0 spiro atoms. The van der Waals surface area contributed by atoms with Gasteiger partial charge in [0.05, 0.1) is 17.1 Å². The summed E-state index contributed by atoms with van der Waals surface area (Å²) in [5, 5.41) is 0. The Morgan fingerprint density at radius 3 is 2.44 bits per heavy atom. The van der Waals surface area contributed by atoms with E-state index >= 15 is 0 Å². The van der Waals surface area contributed by atoms with Crippen LogP contribution >= 0.6 is 0 Å². The third kappa shape index (κ3) is 3.78. The summed E-state index contributed by atoms with van der Waals surface area (Å²) in [6, 6.07) is 5.66. The zero-order valence-electron chi connectivity index (χ0n) is 13.9. The normalized spacial score (nSPS) is 19.9. The molecular formula is C17H22F2N2O3S. The summed E-state index contributed by atoms with van der Waals surface area (Å²) in [5.74, 6) is -3.02. The maximum Gasteiger partial charge on any atom is 0.341 e. The van der Waals surface area contributed by atoms with E-state index in [2.05, 4.69) is 0 Å². The molecule has 0 atom stereocenters. The zero-order chi connectivity index (χ0) is 18.0. The topological polar surface area (TPSA) is 57.7 Å². The second-order valence-electron chi connectivity index (χ2n) is 6.69. The fraction of sp³-hybridized carbons (Fsp3) is 0.588. The van der Waals surface area contributed by atoms with E-state index in [0.717, 1.165) is 19.4 Å². The van der Waals surface area contributed by atoms with Gasteiger partial charge in [0.1, 0.15) is 0 Å². The third-order valence-electron chi connectivity index (χ3n) is 5.02. The number of alkyl halides is 2. The lowest BCUT2D eigenvalue weighted by atomic mass is 10.1. The first-order valence-electron chi connectivity index (χ1n) is 8.53. The van der Waals surface area contributed by atoms with Crippen LogP contribution in [0.4, 0.5) is 14.5 Å². The number of carbonyl (C=O) groups is 1. The van der Waals surface area contributed by atoms with E-state index in [4.69, 9.17) is 0 Å². The number of halogens is 2. The van der Waals surface area contributed by atoms with Crippen LogP contribution in [0, 0.1) is 5.92 Å². The molecule has 0 radical (unpaired) electrons. The van der Waals surface area contributed by atoms with Crippen LogP contribution in [-0.4, -0.2) is 51.2 Å². The Kier molecular flexibility index (Phi) is 5.27. The fourth-order valence-corrected chi connectivity index (χ4v) is 4.62. The maximum atomic E-state index is 12.9. The van der Waals surface area contributed by atoms with Crippen molar-refractivity contribution < 1.29 is 22.0 Å². The Balaban J connectivity index is 1.75. The molecule has 0 unspecified atom stereocenters. The molecule has 0 N–H and O–H groups in total. The molecule has 2 fully saturated rings. The number of benzene rings is 1. The Morgan fingerprint density at radius 1 is 1.12 bits per heavy atom. The Labute approximate surface area is 146 Å². The van der Waals surface area contributed by atoms with E-state index < -0.39 is 20.5 Å². The SMILES string of the molecule is O=C1CN(c2ccccc2S(=O)(=O)C(F)F)CCN1CC1CCCC1. The highest BCUT2D eigenvalue weighted by molar-refractivity contribution is 7.91. The summed E-state index contributed by atoms with van der Waals surface area (Å²) >= 11 is 0. The van der Waals surface area contributed by atoms with Crippen molar-refractivity contribution in [2.45, 2.75) is 36.3 Å². The average molecular weight is 372 g/mol. The van der Waals surface area contributed by atoms with Crippen molar-refractivity contribution in [1.29, 1.82) is 0 Å². The Bertz CT molecular complexity index is 733. The molecule has 1 amide bonds. The lowest BCUT2D eigenvalue weighted by Crippen LogP contribution is -2.51. The van der Waals surface area contributed by atoms with E-state index in [9.17, 15) is 22.0 Å². The summed E-state index contributed by atoms with van der Waals surface area (Å²) in [4.78, 5) is 15.4. The summed E-state index contributed by atoms with van der Waals surface area (Å²) in [5.41, 5.74) is 0.177. The van der Waals surface area contributed by atoms with Crippen molar-refractivity contribution in [2.75, 3.05) is 31.1 Å². The molecule has 1 saturated heterocycles. The molecule has 1 aromatic rings. The van der Waals surface area contributed by atoms with Gasteiger partial charge >= 0.3 is 5.76 Å². The number of rotatable bonds is 5. The summed E-state index contributed by atoms with van der Waals surface area (Å²) < 4.78 is 49.7. The molecule has 2 aliphatic rings. The molecule has 3 rings (SSSR count). The summed E-state index contributed by atoms with van der Waals surface area (Å²) in [6.07, 6.45) is 4.70. The van der Waals surface area contributed by atoms with E-state index in [1.807, 2.05) is 4.90 Å². The van der Waals surface area contributed by atoms with E-state index in [1.165, 1.54) is 31.0 Å². The average Bonchev–Trinajstić information content (AvgIpc) is 3.09. The van der Waals surface area contributed by atoms with E-state index in [1.54, 1.807) is 11.0 Å². The highest BCUT2D eigenvalue weighted by Gasteiger charge is 2.33. The monoisotopic (exact) mass is 372 g/mol. The number of carbonyl (C=O) groups excluding carboxylic acids is 1. The van der Waals surface area contributed by atoms with Crippen molar-refractivity contribution in [3.8, 4) is 0 Å². The molecule has 0 bridgehead atoms. The molecule has 138 valence electrons. The highest BCUT2D eigenvalue weighted by Crippen LogP contribution is 2.31. The van der Waals surface area contributed by atoms with Gasteiger partial charge in [-0.2, -0.15) is 8.78 Å². The van der Waals surface area contributed by atoms with Gasteiger partial charge in [0.15, 0.2) is 0 Å². The molecule has 0 aromatic heterocycles. The Morgan fingerprint density at radius 2 is 1.80 bits per heavy atom. The van der Waals surface area contributed by atoms with Gasteiger partial charge in [-0.05, 0) is 30.9 Å². The van der Waals surface area contributed by atoms with Gasteiger partial charge in [0, 0.05) is 19.6 Å². The number of hydrogen-bond donors (Lipinski definition) is 0. The number of piperazine rings is 1. The Hall–Kier alpha value is -1.70. The molecule has 1 aliphatic carbocycles. The highest BCUT2D eigenvalue weighted by atomic mass is 32.2. The zero-order valence-corrected chi connectivity index (χ0v) is 14.7. The lowest BCUT2D eigenvalue weighted by molar-refractivity contribution is -0.131. The van der Waals surface area contributed by atoms with Crippen molar-refractivity contribution in [3.05, 3.63) is 24.3 Å². The minimum absolute atomic E-state index is 0.0164. The predicted octanol–water partition coefficient (Wildman–Crippen LogP) is 2.52. The number of anilines is 1. The van der Waals surface area contributed by atoms with Crippen molar-refractivity contribution in [2.24, 2.45) is 5.92 Å². The van der Waals surface area contributed by atoms with Crippen molar-refractivity contribution in [3.63, 3.8) is 0 Å². The van der Waals surface area contributed by atoms with Gasteiger partial charge in [-0.3, -0.25) is 4.79 Å². The first-order valence-corrected chi connectivity index (χ1v) is 10.1. The molecule has 5 nitrogen and oxygen atoms in total. The molecule has 25 heavy (non-hydrogen) atoms. The van der Waals surface area contributed by atoms with Crippen molar-refractivity contribution in [1.82, 2.24) is 4.90 Å². The van der Waals surface area contributed by atoms with Crippen molar-refractivity contribution >= 4 is 21.4 Å². The van der Waals surface area contributed by atoms with Crippen LogP contribution in [-0.2, 0) is 14.6 Å². The number of amides is 1. The number of para-hydroxylation sites is 1. The van der Waals surface area contributed by atoms with Crippen LogP contribution in [0.2, 0.25) is 0 Å². The first kappa shape index (κ1) is 18.1. The van der Waals surface area contributed by atoms with Crippen LogP contribution in [0.25, 0.3) is 0 Å². The van der Waals surface area contributed by atoms with Crippen LogP contribution in [0.5, 0.6) is 0 Å². The quantitative estimate of drug-likeness (QED) is 0.797. The summed E-state index contributed by atoms with van der Waals surface area (Å²) in [7, 11) is -4.71. The number of nitrogens with zero attached hydrogens (tertiary/aromatic N) is 2. The molecular weight excluding hydrogens is 350 g/mol. The number of hydrogen-bond acceptors (Lipinski definition) is 4.